The Bertz CT molecular complexity index is 595. The summed E-state index contributed by atoms with van der Waals surface area (Å²) in [6, 6.07) is 14.2. The SMILES string of the molecule is COc1cccc(C2CNc3ccc(C)cc3O2)c1. The molecule has 0 radical (unpaired) electrons. The predicted octanol–water partition coefficient (Wildman–Crippen LogP) is 3.55. The quantitative estimate of drug-likeness (QED) is 0.890. The fourth-order valence-electron chi connectivity index (χ4n) is 2.30. The van der Waals surface area contributed by atoms with Gasteiger partial charge < -0.3 is 14.8 Å². The van der Waals surface area contributed by atoms with Gasteiger partial charge in [0.1, 0.15) is 17.6 Å². The molecule has 0 amide bonds. The molecule has 0 aliphatic carbocycles. The lowest BCUT2D eigenvalue weighted by Gasteiger charge is -2.28. The third kappa shape index (κ3) is 2.36. The third-order valence-corrected chi connectivity index (χ3v) is 3.35. The van der Waals surface area contributed by atoms with Gasteiger partial charge in [-0.2, -0.15) is 0 Å². The molecule has 3 rings (SSSR count). The average Bonchev–Trinajstić information content (AvgIpc) is 2.46. The zero-order chi connectivity index (χ0) is 13.2. The first-order valence-corrected chi connectivity index (χ1v) is 6.41. The van der Waals surface area contributed by atoms with Gasteiger partial charge in [-0.3, -0.25) is 0 Å². The first kappa shape index (κ1) is 11.9. The highest BCUT2D eigenvalue weighted by atomic mass is 16.5. The summed E-state index contributed by atoms with van der Waals surface area (Å²) in [6.07, 6.45) is 0.0180. The molecule has 1 N–H and O–H groups in total. The third-order valence-electron chi connectivity index (χ3n) is 3.35. The number of hydrogen-bond donors (Lipinski definition) is 1. The van der Waals surface area contributed by atoms with Crippen LogP contribution in [0.2, 0.25) is 0 Å². The fraction of sp³-hybridized carbons (Fsp3) is 0.250. The van der Waals surface area contributed by atoms with Crippen molar-refractivity contribution in [2.24, 2.45) is 0 Å². The van der Waals surface area contributed by atoms with Gasteiger partial charge in [0.15, 0.2) is 0 Å². The van der Waals surface area contributed by atoms with Crippen molar-refractivity contribution < 1.29 is 9.47 Å². The van der Waals surface area contributed by atoms with Gasteiger partial charge in [0.05, 0.1) is 19.3 Å². The summed E-state index contributed by atoms with van der Waals surface area (Å²) in [7, 11) is 1.68. The molecule has 2 aromatic rings. The Morgan fingerprint density at radius 2 is 2.11 bits per heavy atom. The molecule has 1 atom stereocenters. The Labute approximate surface area is 113 Å². The lowest BCUT2D eigenvalue weighted by Crippen LogP contribution is -2.23. The van der Waals surface area contributed by atoms with Gasteiger partial charge in [0, 0.05) is 0 Å². The molecule has 1 unspecified atom stereocenters. The number of fused-ring (bicyclic) bond motifs is 1. The molecule has 0 saturated heterocycles. The lowest BCUT2D eigenvalue weighted by molar-refractivity contribution is 0.210. The van der Waals surface area contributed by atoms with Crippen LogP contribution in [-0.4, -0.2) is 13.7 Å². The number of aryl methyl sites for hydroxylation is 1. The van der Waals surface area contributed by atoms with Crippen LogP contribution in [0.1, 0.15) is 17.2 Å². The number of ether oxygens (including phenoxy) is 2. The van der Waals surface area contributed by atoms with Crippen LogP contribution in [0.15, 0.2) is 42.5 Å². The van der Waals surface area contributed by atoms with Gasteiger partial charge in [-0.05, 0) is 42.3 Å². The van der Waals surface area contributed by atoms with Crippen molar-refractivity contribution in [3.8, 4) is 11.5 Å². The lowest BCUT2D eigenvalue weighted by atomic mass is 10.1. The fourth-order valence-corrected chi connectivity index (χ4v) is 2.30. The molecule has 0 spiro atoms. The minimum absolute atomic E-state index is 0.0180. The Morgan fingerprint density at radius 1 is 1.21 bits per heavy atom. The van der Waals surface area contributed by atoms with Crippen molar-refractivity contribution in [1.29, 1.82) is 0 Å². The topological polar surface area (TPSA) is 30.5 Å². The summed E-state index contributed by atoms with van der Waals surface area (Å²) in [5, 5.41) is 3.41. The minimum atomic E-state index is 0.0180. The van der Waals surface area contributed by atoms with Crippen LogP contribution in [0.4, 0.5) is 5.69 Å². The molecule has 1 heterocycles. The minimum Gasteiger partial charge on any atom is -0.497 e. The molecule has 0 aromatic heterocycles. The summed E-state index contributed by atoms with van der Waals surface area (Å²) in [6.45, 7) is 2.84. The van der Waals surface area contributed by atoms with Gasteiger partial charge in [-0.15, -0.1) is 0 Å². The van der Waals surface area contributed by atoms with E-state index in [4.69, 9.17) is 9.47 Å². The normalized spacial score (nSPS) is 17.1. The van der Waals surface area contributed by atoms with E-state index < -0.39 is 0 Å². The smallest absolute Gasteiger partial charge is 0.143 e. The van der Waals surface area contributed by atoms with Crippen molar-refractivity contribution >= 4 is 5.69 Å². The van der Waals surface area contributed by atoms with Crippen LogP contribution in [0.5, 0.6) is 11.5 Å². The molecule has 0 bridgehead atoms. The Kier molecular flexibility index (Phi) is 3.03. The summed E-state index contributed by atoms with van der Waals surface area (Å²) in [5.41, 5.74) is 3.38. The molecular formula is C16H17NO2. The standard InChI is InChI=1S/C16H17NO2/c1-11-6-7-14-15(8-11)19-16(10-17-14)12-4-3-5-13(9-12)18-2/h3-9,16-17H,10H2,1-2H3. The number of hydrogen-bond acceptors (Lipinski definition) is 3. The second-order valence-corrected chi connectivity index (χ2v) is 4.76. The molecular weight excluding hydrogens is 238 g/mol. The maximum atomic E-state index is 6.08. The van der Waals surface area contributed by atoms with E-state index in [0.717, 1.165) is 29.3 Å². The Balaban J connectivity index is 1.88. The van der Waals surface area contributed by atoms with E-state index in [1.165, 1.54) is 5.56 Å². The van der Waals surface area contributed by atoms with Crippen LogP contribution in [0, 0.1) is 6.92 Å². The van der Waals surface area contributed by atoms with Gasteiger partial charge in [-0.25, -0.2) is 0 Å². The van der Waals surface area contributed by atoms with E-state index in [2.05, 4.69) is 36.5 Å². The number of anilines is 1. The Hall–Kier alpha value is -2.16. The predicted molar refractivity (Wildman–Crippen MR) is 76.0 cm³/mol. The summed E-state index contributed by atoms with van der Waals surface area (Å²) in [4.78, 5) is 0. The molecule has 19 heavy (non-hydrogen) atoms. The second kappa shape index (κ2) is 4.84. The van der Waals surface area contributed by atoms with E-state index in [1.54, 1.807) is 7.11 Å². The van der Waals surface area contributed by atoms with Crippen LogP contribution in [-0.2, 0) is 0 Å². The highest BCUT2D eigenvalue weighted by molar-refractivity contribution is 5.59. The zero-order valence-electron chi connectivity index (χ0n) is 11.1. The van der Waals surface area contributed by atoms with Crippen LogP contribution in [0.3, 0.4) is 0 Å². The number of nitrogens with one attached hydrogen (secondary N) is 1. The summed E-state index contributed by atoms with van der Waals surface area (Å²) in [5.74, 6) is 1.77. The molecule has 1 aliphatic heterocycles. The maximum absolute atomic E-state index is 6.08. The van der Waals surface area contributed by atoms with Crippen molar-refractivity contribution in [3.05, 3.63) is 53.6 Å². The molecule has 3 nitrogen and oxygen atoms in total. The molecule has 0 fully saturated rings. The van der Waals surface area contributed by atoms with E-state index in [9.17, 15) is 0 Å². The molecule has 0 saturated carbocycles. The van der Waals surface area contributed by atoms with E-state index in [-0.39, 0.29) is 6.10 Å². The molecule has 3 heteroatoms. The molecule has 98 valence electrons. The van der Waals surface area contributed by atoms with Crippen molar-refractivity contribution in [3.63, 3.8) is 0 Å². The molecule has 2 aromatic carbocycles. The van der Waals surface area contributed by atoms with Crippen molar-refractivity contribution in [1.82, 2.24) is 0 Å². The second-order valence-electron chi connectivity index (χ2n) is 4.76. The number of benzene rings is 2. The highest BCUT2D eigenvalue weighted by Crippen LogP contribution is 2.35. The van der Waals surface area contributed by atoms with E-state index in [1.807, 2.05) is 18.2 Å². The average molecular weight is 255 g/mol. The van der Waals surface area contributed by atoms with Crippen molar-refractivity contribution in [2.45, 2.75) is 13.0 Å². The van der Waals surface area contributed by atoms with E-state index in [0.29, 0.717) is 0 Å². The van der Waals surface area contributed by atoms with Gasteiger partial charge in [0.2, 0.25) is 0 Å². The van der Waals surface area contributed by atoms with Crippen LogP contribution >= 0.6 is 0 Å². The van der Waals surface area contributed by atoms with E-state index >= 15 is 0 Å². The first-order valence-electron chi connectivity index (χ1n) is 6.41. The summed E-state index contributed by atoms with van der Waals surface area (Å²) < 4.78 is 11.3. The van der Waals surface area contributed by atoms with Gasteiger partial charge >= 0.3 is 0 Å². The monoisotopic (exact) mass is 255 g/mol. The van der Waals surface area contributed by atoms with Gasteiger partial charge in [-0.1, -0.05) is 18.2 Å². The highest BCUT2D eigenvalue weighted by Gasteiger charge is 2.21. The Morgan fingerprint density at radius 3 is 2.95 bits per heavy atom. The van der Waals surface area contributed by atoms with Crippen LogP contribution < -0.4 is 14.8 Å². The van der Waals surface area contributed by atoms with Gasteiger partial charge in [0.25, 0.3) is 0 Å². The van der Waals surface area contributed by atoms with Crippen LogP contribution in [0.25, 0.3) is 0 Å². The number of rotatable bonds is 2. The molecule has 1 aliphatic rings. The largest absolute Gasteiger partial charge is 0.497 e. The summed E-state index contributed by atoms with van der Waals surface area (Å²) >= 11 is 0. The zero-order valence-corrected chi connectivity index (χ0v) is 11.1. The number of methoxy groups -OCH3 is 1. The maximum Gasteiger partial charge on any atom is 0.143 e. The van der Waals surface area contributed by atoms with Crippen molar-refractivity contribution in [2.75, 3.05) is 19.0 Å². The first-order chi connectivity index (χ1) is 9.26.